The molecular formula is C21H22N4OS. The van der Waals surface area contributed by atoms with E-state index in [4.69, 9.17) is 17.0 Å². The lowest BCUT2D eigenvalue weighted by molar-refractivity contribution is 0.415. The van der Waals surface area contributed by atoms with Gasteiger partial charge in [-0.05, 0) is 61.1 Å². The molecule has 2 aromatic carbocycles. The van der Waals surface area contributed by atoms with E-state index in [0.717, 1.165) is 23.7 Å². The summed E-state index contributed by atoms with van der Waals surface area (Å²) < 4.78 is 7.27. The number of hydrazone groups is 1. The summed E-state index contributed by atoms with van der Waals surface area (Å²) in [5.41, 5.74) is 7.21. The molecule has 0 spiro atoms. The van der Waals surface area contributed by atoms with Gasteiger partial charge in [0.15, 0.2) is 5.11 Å². The van der Waals surface area contributed by atoms with Gasteiger partial charge in [0.2, 0.25) is 0 Å². The number of thiocarbonyl (C=S) groups is 1. The Labute approximate surface area is 164 Å². The zero-order valence-electron chi connectivity index (χ0n) is 15.3. The Morgan fingerprint density at radius 1 is 1.11 bits per heavy atom. The molecule has 0 fully saturated rings. The highest BCUT2D eigenvalue weighted by Gasteiger charge is 2.01. The van der Waals surface area contributed by atoms with Gasteiger partial charge in [-0.3, -0.25) is 5.43 Å². The van der Waals surface area contributed by atoms with Crippen LogP contribution in [0.3, 0.4) is 0 Å². The van der Waals surface area contributed by atoms with Crippen molar-refractivity contribution in [2.24, 2.45) is 5.10 Å². The van der Waals surface area contributed by atoms with Crippen LogP contribution in [0, 0.1) is 6.92 Å². The van der Waals surface area contributed by atoms with Crippen LogP contribution >= 0.6 is 12.2 Å². The van der Waals surface area contributed by atoms with Gasteiger partial charge in [0.25, 0.3) is 0 Å². The molecule has 3 aromatic rings. The number of benzene rings is 2. The van der Waals surface area contributed by atoms with Gasteiger partial charge in [0.1, 0.15) is 5.75 Å². The molecule has 0 aliphatic carbocycles. The van der Waals surface area contributed by atoms with E-state index in [1.54, 1.807) is 13.3 Å². The Bertz CT molecular complexity index is 914. The second-order valence-electron chi connectivity index (χ2n) is 6.10. The van der Waals surface area contributed by atoms with Crippen LogP contribution in [0.25, 0.3) is 0 Å². The molecular weight excluding hydrogens is 356 g/mol. The van der Waals surface area contributed by atoms with Crippen molar-refractivity contribution in [3.8, 4) is 5.75 Å². The highest BCUT2D eigenvalue weighted by Crippen LogP contribution is 2.14. The van der Waals surface area contributed by atoms with Crippen LogP contribution in [0.1, 0.15) is 16.8 Å². The van der Waals surface area contributed by atoms with Gasteiger partial charge in [-0.25, -0.2) is 0 Å². The molecule has 0 unspecified atom stereocenters. The van der Waals surface area contributed by atoms with Crippen molar-refractivity contribution in [1.82, 2.24) is 9.99 Å². The quantitative estimate of drug-likeness (QED) is 0.384. The summed E-state index contributed by atoms with van der Waals surface area (Å²) in [6.45, 7) is 2.88. The second kappa shape index (κ2) is 9.00. The highest BCUT2D eigenvalue weighted by atomic mass is 32.1. The third-order valence-corrected chi connectivity index (χ3v) is 4.24. The highest BCUT2D eigenvalue weighted by molar-refractivity contribution is 7.80. The summed E-state index contributed by atoms with van der Waals surface area (Å²) in [5.74, 6) is 0.798. The van der Waals surface area contributed by atoms with Crippen LogP contribution in [0.5, 0.6) is 5.75 Å². The van der Waals surface area contributed by atoms with E-state index in [1.807, 2.05) is 42.6 Å². The first kappa shape index (κ1) is 18.7. The standard InChI is InChI=1S/C21H22N4OS/c1-16-5-7-17(8-6-16)15-25-13-3-4-19(25)14-22-24-21(27)23-18-9-11-20(26-2)12-10-18/h3-14H,15H2,1-2H3,(H2,23,24,27)/b22-14-. The fourth-order valence-corrected chi connectivity index (χ4v) is 2.74. The lowest BCUT2D eigenvalue weighted by atomic mass is 10.1. The average Bonchev–Trinajstić information content (AvgIpc) is 3.11. The molecule has 1 heterocycles. The van der Waals surface area contributed by atoms with Crippen LogP contribution in [-0.2, 0) is 6.54 Å². The summed E-state index contributed by atoms with van der Waals surface area (Å²) in [6, 6.07) is 20.1. The van der Waals surface area contributed by atoms with E-state index in [0.29, 0.717) is 5.11 Å². The first-order valence-corrected chi connectivity index (χ1v) is 8.99. The Morgan fingerprint density at radius 2 is 1.85 bits per heavy atom. The average molecular weight is 379 g/mol. The van der Waals surface area contributed by atoms with Crippen molar-refractivity contribution in [3.63, 3.8) is 0 Å². The lowest BCUT2D eigenvalue weighted by Crippen LogP contribution is -2.24. The zero-order chi connectivity index (χ0) is 19.1. The Hall–Kier alpha value is -3.12. The number of hydrogen-bond donors (Lipinski definition) is 2. The van der Waals surface area contributed by atoms with E-state index in [2.05, 4.69) is 51.6 Å². The summed E-state index contributed by atoms with van der Waals surface area (Å²) >= 11 is 5.27. The van der Waals surface area contributed by atoms with Gasteiger partial charge >= 0.3 is 0 Å². The van der Waals surface area contributed by atoms with Gasteiger partial charge in [-0.2, -0.15) is 5.10 Å². The first-order chi connectivity index (χ1) is 13.1. The number of hydrogen-bond acceptors (Lipinski definition) is 3. The molecule has 5 nitrogen and oxygen atoms in total. The molecule has 1 aromatic heterocycles. The Balaban J connectivity index is 1.55. The minimum absolute atomic E-state index is 0.424. The third-order valence-electron chi connectivity index (χ3n) is 4.05. The number of anilines is 1. The van der Waals surface area contributed by atoms with E-state index < -0.39 is 0 Å². The molecule has 0 aliphatic heterocycles. The number of methoxy groups -OCH3 is 1. The Kier molecular flexibility index (Phi) is 6.22. The summed E-state index contributed by atoms with van der Waals surface area (Å²) in [6.07, 6.45) is 3.80. The fourth-order valence-electron chi connectivity index (χ4n) is 2.57. The number of nitrogens with one attached hydrogen (secondary N) is 2. The van der Waals surface area contributed by atoms with Crippen molar-refractivity contribution in [2.45, 2.75) is 13.5 Å². The van der Waals surface area contributed by atoms with Crippen molar-refractivity contribution in [3.05, 3.63) is 83.7 Å². The lowest BCUT2D eigenvalue weighted by Gasteiger charge is -2.08. The molecule has 6 heteroatoms. The van der Waals surface area contributed by atoms with Crippen LogP contribution in [0.15, 0.2) is 72.0 Å². The van der Waals surface area contributed by atoms with Gasteiger partial charge in [-0.15, -0.1) is 0 Å². The van der Waals surface area contributed by atoms with Gasteiger partial charge in [0.05, 0.1) is 19.0 Å². The van der Waals surface area contributed by atoms with E-state index >= 15 is 0 Å². The number of nitrogens with zero attached hydrogens (tertiary/aromatic N) is 2. The summed E-state index contributed by atoms with van der Waals surface area (Å²) in [4.78, 5) is 0. The minimum atomic E-state index is 0.424. The maximum absolute atomic E-state index is 5.27. The first-order valence-electron chi connectivity index (χ1n) is 8.59. The van der Waals surface area contributed by atoms with Crippen LogP contribution < -0.4 is 15.5 Å². The molecule has 2 N–H and O–H groups in total. The van der Waals surface area contributed by atoms with E-state index in [-0.39, 0.29) is 0 Å². The maximum Gasteiger partial charge on any atom is 0.191 e. The van der Waals surface area contributed by atoms with Crippen molar-refractivity contribution >= 4 is 29.2 Å². The van der Waals surface area contributed by atoms with Crippen LogP contribution in [-0.4, -0.2) is 23.0 Å². The zero-order valence-corrected chi connectivity index (χ0v) is 16.2. The topological polar surface area (TPSA) is 50.6 Å². The van der Waals surface area contributed by atoms with Gasteiger partial charge in [-0.1, -0.05) is 29.8 Å². The summed E-state index contributed by atoms with van der Waals surface area (Å²) in [5, 5.41) is 7.74. The van der Waals surface area contributed by atoms with Gasteiger partial charge in [0, 0.05) is 18.4 Å². The molecule has 0 bridgehead atoms. The fraction of sp³-hybridized carbons (Fsp3) is 0.143. The molecule has 0 atom stereocenters. The largest absolute Gasteiger partial charge is 0.497 e. The molecule has 27 heavy (non-hydrogen) atoms. The van der Waals surface area contributed by atoms with Gasteiger partial charge < -0.3 is 14.6 Å². The molecule has 0 amide bonds. The van der Waals surface area contributed by atoms with Crippen molar-refractivity contribution in [1.29, 1.82) is 0 Å². The normalized spacial score (nSPS) is 10.7. The third kappa shape index (κ3) is 5.43. The van der Waals surface area contributed by atoms with Crippen LogP contribution in [0.4, 0.5) is 5.69 Å². The van der Waals surface area contributed by atoms with E-state index in [1.165, 1.54) is 11.1 Å². The molecule has 138 valence electrons. The predicted molar refractivity (Wildman–Crippen MR) is 115 cm³/mol. The number of aromatic nitrogens is 1. The van der Waals surface area contributed by atoms with Crippen molar-refractivity contribution < 1.29 is 4.74 Å². The number of aryl methyl sites for hydroxylation is 1. The second-order valence-corrected chi connectivity index (χ2v) is 6.51. The predicted octanol–water partition coefficient (Wildman–Crippen LogP) is 4.17. The minimum Gasteiger partial charge on any atom is -0.497 e. The van der Waals surface area contributed by atoms with E-state index in [9.17, 15) is 0 Å². The smallest absolute Gasteiger partial charge is 0.191 e. The summed E-state index contributed by atoms with van der Waals surface area (Å²) in [7, 11) is 1.64. The monoisotopic (exact) mass is 378 g/mol. The molecule has 0 radical (unpaired) electrons. The Morgan fingerprint density at radius 3 is 2.56 bits per heavy atom. The molecule has 3 rings (SSSR count). The van der Waals surface area contributed by atoms with Crippen molar-refractivity contribution in [2.75, 3.05) is 12.4 Å². The maximum atomic E-state index is 5.27. The number of rotatable bonds is 6. The molecule has 0 aliphatic rings. The number of ether oxygens (including phenoxy) is 1. The molecule has 0 saturated carbocycles. The SMILES string of the molecule is COc1ccc(NC(=S)N/N=C\c2cccn2Cc2ccc(C)cc2)cc1. The molecule has 0 saturated heterocycles. The van der Waals surface area contributed by atoms with Crippen LogP contribution in [0.2, 0.25) is 0 Å².